The second-order valence-corrected chi connectivity index (χ2v) is 6.97. The summed E-state index contributed by atoms with van der Waals surface area (Å²) >= 11 is 0. The van der Waals surface area contributed by atoms with Crippen molar-refractivity contribution in [1.29, 1.82) is 0 Å². The van der Waals surface area contributed by atoms with Crippen LogP contribution < -0.4 is 4.90 Å². The maximum Gasteiger partial charge on any atom is 0.219 e. The molecule has 1 aliphatic heterocycles. The number of aromatic nitrogens is 1. The minimum atomic E-state index is -0.580. The van der Waals surface area contributed by atoms with Crippen LogP contribution in [-0.4, -0.2) is 53.2 Å². The molecule has 1 fully saturated rings. The van der Waals surface area contributed by atoms with Gasteiger partial charge in [0.25, 0.3) is 0 Å². The molecule has 1 saturated heterocycles. The fraction of sp³-hybridized carbons (Fsp3) is 0.273. The molecule has 1 amide bonds. The SMILES string of the molecule is CC(=O)N1CCN(c2cc(-c3ccccc3)nc3ccccc23)C[C@H](O)C1. The summed E-state index contributed by atoms with van der Waals surface area (Å²) in [6.45, 7) is 3.70. The summed E-state index contributed by atoms with van der Waals surface area (Å²) in [5, 5.41) is 11.5. The highest BCUT2D eigenvalue weighted by atomic mass is 16.3. The molecule has 4 rings (SSSR count). The molecule has 5 heteroatoms. The lowest BCUT2D eigenvalue weighted by Gasteiger charge is -2.26. The first-order valence-electron chi connectivity index (χ1n) is 9.25. The molecule has 27 heavy (non-hydrogen) atoms. The minimum Gasteiger partial charge on any atom is -0.389 e. The number of benzene rings is 2. The van der Waals surface area contributed by atoms with Crippen LogP contribution in [0.1, 0.15) is 6.92 Å². The summed E-state index contributed by atoms with van der Waals surface area (Å²) in [5.74, 6) is 0.000427. The first kappa shape index (κ1) is 17.5. The van der Waals surface area contributed by atoms with Gasteiger partial charge in [0.15, 0.2) is 0 Å². The Morgan fingerprint density at radius 1 is 1.04 bits per heavy atom. The maximum absolute atomic E-state index is 11.8. The number of aliphatic hydroxyl groups excluding tert-OH is 1. The van der Waals surface area contributed by atoms with Gasteiger partial charge in [-0.3, -0.25) is 4.79 Å². The molecule has 2 aromatic carbocycles. The molecule has 2 heterocycles. The Balaban J connectivity index is 1.79. The van der Waals surface area contributed by atoms with E-state index < -0.39 is 6.10 Å². The third-order valence-electron chi connectivity index (χ3n) is 5.05. The van der Waals surface area contributed by atoms with E-state index in [1.54, 1.807) is 11.8 Å². The van der Waals surface area contributed by atoms with Crippen LogP contribution in [0.2, 0.25) is 0 Å². The number of fused-ring (bicyclic) bond motifs is 1. The number of para-hydroxylation sites is 1. The van der Waals surface area contributed by atoms with E-state index in [1.807, 2.05) is 36.4 Å². The maximum atomic E-state index is 11.8. The predicted molar refractivity (Wildman–Crippen MR) is 108 cm³/mol. The normalized spacial score (nSPS) is 17.8. The fourth-order valence-electron chi connectivity index (χ4n) is 3.67. The van der Waals surface area contributed by atoms with Gasteiger partial charge in [0, 0.05) is 49.7 Å². The summed E-state index contributed by atoms with van der Waals surface area (Å²) in [6.07, 6.45) is -0.580. The van der Waals surface area contributed by atoms with Crippen molar-refractivity contribution in [3.8, 4) is 11.3 Å². The van der Waals surface area contributed by atoms with Crippen LogP contribution >= 0.6 is 0 Å². The Kier molecular flexibility index (Phi) is 4.77. The van der Waals surface area contributed by atoms with Gasteiger partial charge in [0.05, 0.1) is 17.3 Å². The highest BCUT2D eigenvalue weighted by Gasteiger charge is 2.24. The van der Waals surface area contributed by atoms with E-state index in [4.69, 9.17) is 4.98 Å². The third-order valence-corrected chi connectivity index (χ3v) is 5.05. The van der Waals surface area contributed by atoms with Crippen molar-refractivity contribution in [2.75, 3.05) is 31.1 Å². The zero-order valence-electron chi connectivity index (χ0n) is 15.4. The van der Waals surface area contributed by atoms with Crippen LogP contribution in [0, 0.1) is 0 Å². The van der Waals surface area contributed by atoms with E-state index in [9.17, 15) is 9.90 Å². The molecule has 138 valence electrons. The number of pyridine rings is 1. The number of nitrogens with zero attached hydrogens (tertiary/aromatic N) is 3. The topological polar surface area (TPSA) is 56.7 Å². The Morgan fingerprint density at radius 3 is 2.56 bits per heavy atom. The largest absolute Gasteiger partial charge is 0.389 e. The Morgan fingerprint density at radius 2 is 1.78 bits per heavy atom. The molecule has 0 unspecified atom stereocenters. The van der Waals surface area contributed by atoms with Gasteiger partial charge in [-0.15, -0.1) is 0 Å². The minimum absolute atomic E-state index is 0.000427. The second kappa shape index (κ2) is 7.37. The van der Waals surface area contributed by atoms with Crippen LogP contribution in [-0.2, 0) is 4.79 Å². The average Bonchev–Trinajstić information content (AvgIpc) is 2.89. The van der Waals surface area contributed by atoms with Crippen molar-refractivity contribution in [2.24, 2.45) is 0 Å². The van der Waals surface area contributed by atoms with Gasteiger partial charge in [-0.25, -0.2) is 4.98 Å². The molecule has 0 saturated carbocycles. The number of carbonyl (C=O) groups excluding carboxylic acids is 1. The van der Waals surface area contributed by atoms with Crippen molar-refractivity contribution in [2.45, 2.75) is 13.0 Å². The van der Waals surface area contributed by atoms with Crippen molar-refractivity contribution < 1.29 is 9.90 Å². The first-order chi connectivity index (χ1) is 13.1. The van der Waals surface area contributed by atoms with Gasteiger partial charge in [-0.1, -0.05) is 48.5 Å². The quantitative estimate of drug-likeness (QED) is 0.762. The molecular weight excluding hydrogens is 338 g/mol. The molecule has 3 aromatic rings. The number of β-amino-alcohol motifs (C(OH)–C–C–N with tert-alkyl or cyclic N) is 1. The Hall–Kier alpha value is -2.92. The molecular formula is C22H23N3O2. The standard InChI is InChI=1S/C22H23N3O2/c1-16(26)24-11-12-25(15-18(27)14-24)22-13-21(17-7-3-2-4-8-17)23-20-10-6-5-9-19(20)22/h2-10,13,18,27H,11-12,14-15H2,1H3/t18-/m1/s1. The van der Waals surface area contributed by atoms with Gasteiger partial charge < -0.3 is 14.9 Å². The third kappa shape index (κ3) is 3.64. The number of hydrogen-bond donors (Lipinski definition) is 1. The lowest BCUT2D eigenvalue weighted by atomic mass is 10.1. The van der Waals surface area contributed by atoms with Gasteiger partial charge in [-0.05, 0) is 12.1 Å². The number of aliphatic hydroxyl groups is 1. The summed E-state index contributed by atoms with van der Waals surface area (Å²) in [5.41, 5.74) is 3.94. The molecule has 5 nitrogen and oxygen atoms in total. The van der Waals surface area contributed by atoms with E-state index >= 15 is 0 Å². The molecule has 0 radical (unpaired) electrons. The monoisotopic (exact) mass is 361 g/mol. The number of hydrogen-bond acceptors (Lipinski definition) is 4. The van der Waals surface area contributed by atoms with Crippen molar-refractivity contribution in [3.05, 3.63) is 60.7 Å². The van der Waals surface area contributed by atoms with E-state index in [-0.39, 0.29) is 5.91 Å². The van der Waals surface area contributed by atoms with Crippen LogP contribution in [0.5, 0.6) is 0 Å². The first-order valence-corrected chi connectivity index (χ1v) is 9.25. The van der Waals surface area contributed by atoms with Crippen LogP contribution in [0.15, 0.2) is 60.7 Å². The van der Waals surface area contributed by atoms with Crippen molar-refractivity contribution in [3.63, 3.8) is 0 Å². The average molecular weight is 361 g/mol. The summed E-state index contributed by atoms with van der Waals surface area (Å²) in [7, 11) is 0. The zero-order chi connectivity index (χ0) is 18.8. The Bertz CT molecular complexity index is 958. The van der Waals surface area contributed by atoms with Crippen molar-refractivity contribution in [1.82, 2.24) is 9.88 Å². The number of rotatable bonds is 2. The summed E-state index contributed by atoms with van der Waals surface area (Å²) in [6, 6.07) is 20.3. The van der Waals surface area contributed by atoms with E-state index in [2.05, 4.69) is 29.2 Å². The van der Waals surface area contributed by atoms with Crippen LogP contribution in [0.25, 0.3) is 22.2 Å². The van der Waals surface area contributed by atoms with Gasteiger partial charge in [-0.2, -0.15) is 0 Å². The second-order valence-electron chi connectivity index (χ2n) is 6.97. The number of anilines is 1. The lowest BCUT2D eigenvalue weighted by molar-refractivity contribution is -0.129. The fourth-order valence-corrected chi connectivity index (χ4v) is 3.67. The molecule has 1 atom stereocenters. The van der Waals surface area contributed by atoms with E-state index in [0.717, 1.165) is 27.8 Å². The van der Waals surface area contributed by atoms with Gasteiger partial charge >= 0.3 is 0 Å². The summed E-state index contributed by atoms with van der Waals surface area (Å²) in [4.78, 5) is 20.5. The van der Waals surface area contributed by atoms with Gasteiger partial charge in [0.2, 0.25) is 5.91 Å². The lowest BCUT2D eigenvalue weighted by Crippen LogP contribution is -2.36. The van der Waals surface area contributed by atoms with E-state index in [1.165, 1.54) is 0 Å². The molecule has 1 N–H and O–H groups in total. The summed E-state index contributed by atoms with van der Waals surface area (Å²) < 4.78 is 0. The highest BCUT2D eigenvalue weighted by Crippen LogP contribution is 2.31. The van der Waals surface area contributed by atoms with Gasteiger partial charge in [0.1, 0.15) is 0 Å². The smallest absolute Gasteiger partial charge is 0.219 e. The molecule has 1 aliphatic rings. The molecule has 0 bridgehead atoms. The highest BCUT2D eigenvalue weighted by molar-refractivity contribution is 5.94. The van der Waals surface area contributed by atoms with Crippen molar-refractivity contribution >= 4 is 22.5 Å². The van der Waals surface area contributed by atoms with E-state index in [0.29, 0.717) is 26.2 Å². The number of carbonyl (C=O) groups is 1. The van der Waals surface area contributed by atoms with Crippen LogP contribution in [0.4, 0.5) is 5.69 Å². The molecule has 0 aliphatic carbocycles. The zero-order valence-corrected chi connectivity index (χ0v) is 15.4. The molecule has 0 spiro atoms. The van der Waals surface area contributed by atoms with Crippen LogP contribution in [0.3, 0.4) is 0 Å². The number of amides is 1. The molecule has 1 aromatic heterocycles. The predicted octanol–water partition coefficient (Wildman–Crippen LogP) is 2.93. The Labute approximate surface area is 158 Å².